The summed E-state index contributed by atoms with van der Waals surface area (Å²) in [7, 11) is 0. The van der Waals surface area contributed by atoms with Gasteiger partial charge in [0.15, 0.2) is 0 Å². The van der Waals surface area contributed by atoms with Crippen molar-refractivity contribution in [3.8, 4) is 5.69 Å². The van der Waals surface area contributed by atoms with E-state index in [1.807, 2.05) is 30.3 Å². The smallest absolute Gasteiger partial charge is 0.124 e. The molecule has 0 saturated heterocycles. The quantitative estimate of drug-likeness (QED) is 0.792. The van der Waals surface area contributed by atoms with Crippen molar-refractivity contribution in [3.05, 3.63) is 76.3 Å². The number of hydrogen-bond donors (Lipinski definition) is 1. The molecule has 1 aromatic heterocycles. The first-order valence-electron chi connectivity index (χ1n) is 6.33. The minimum atomic E-state index is -0.463. The topological polar surface area (TPSA) is 56.7 Å². The van der Waals surface area contributed by atoms with E-state index in [4.69, 9.17) is 5.73 Å². The third-order valence-electron chi connectivity index (χ3n) is 3.19. The first kappa shape index (κ1) is 13.9. The summed E-state index contributed by atoms with van der Waals surface area (Å²) < 4.78 is 15.5. The molecule has 0 aliphatic carbocycles. The Morgan fingerprint density at radius 1 is 1.14 bits per heavy atom. The summed E-state index contributed by atoms with van der Waals surface area (Å²) in [5.74, 6) is -0.312. The van der Waals surface area contributed by atoms with Crippen molar-refractivity contribution in [2.75, 3.05) is 0 Å². The number of aromatic nitrogens is 3. The zero-order chi connectivity index (χ0) is 14.8. The van der Waals surface area contributed by atoms with Crippen molar-refractivity contribution < 1.29 is 4.39 Å². The Bertz CT molecular complexity index is 757. The van der Waals surface area contributed by atoms with Gasteiger partial charge < -0.3 is 5.73 Å². The van der Waals surface area contributed by atoms with E-state index in [0.29, 0.717) is 4.47 Å². The third-order valence-corrected chi connectivity index (χ3v) is 3.88. The second-order valence-electron chi connectivity index (χ2n) is 4.55. The molecule has 2 aromatic carbocycles. The van der Waals surface area contributed by atoms with Gasteiger partial charge in [0.25, 0.3) is 0 Å². The third kappa shape index (κ3) is 2.72. The highest BCUT2D eigenvalue weighted by molar-refractivity contribution is 9.10. The van der Waals surface area contributed by atoms with E-state index < -0.39 is 6.04 Å². The van der Waals surface area contributed by atoms with Crippen LogP contribution in [0.15, 0.2) is 59.2 Å². The molecule has 1 atom stereocenters. The van der Waals surface area contributed by atoms with Crippen LogP contribution in [0.25, 0.3) is 5.69 Å². The van der Waals surface area contributed by atoms with Gasteiger partial charge in [-0.05, 0) is 29.8 Å². The second kappa shape index (κ2) is 5.75. The lowest BCUT2D eigenvalue weighted by Gasteiger charge is -2.15. The van der Waals surface area contributed by atoms with Crippen LogP contribution in [0.1, 0.15) is 17.3 Å². The Labute approximate surface area is 129 Å². The van der Waals surface area contributed by atoms with Crippen LogP contribution in [0.3, 0.4) is 0 Å². The maximum Gasteiger partial charge on any atom is 0.124 e. The number of rotatable bonds is 3. The predicted octanol–water partition coefficient (Wildman–Crippen LogP) is 3.22. The van der Waals surface area contributed by atoms with Crippen molar-refractivity contribution in [2.45, 2.75) is 6.04 Å². The molecule has 0 aliphatic heterocycles. The first-order valence-corrected chi connectivity index (χ1v) is 7.12. The van der Waals surface area contributed by atoms with E-state index >= 15 is 0 Å². The van der Waals surface area contributed by atoms with Gasteiger partial charge in [-0.1, -0.05) is 45.4 Å². The summed E-state index contributed by atoms with van der Waals surface area (Å²) in [4.78, 5) is 0. The van der Waals surface area contributed by atoms with Crippen molar-refractivity contribution >= 4 is 15.9 Å². The van der Waals surface area contributed by atoms with Crippen molar-refractivity contribution in [3.63, 3.8) is 0 Å². The number of benzene rings is 2. The monoisotopic (exact) mass is 346 g/mol. The molecule has 0 aliphatic rings. The normalized spacial score (nSPS) is 12.3. The SMILES string of the molecule is NC(c1ccc(F)cc1Br)c1cnnn1-c1ccccc1. The van der Waals surface area contributed by atoms with Crippen LogP contribution < -0.4 is 5.73 Å². The van der Waals surface area contributed by atoms with E-state index in [1.54, 1.807) is 16.9 Å². The maximum atomic E-state index is 13.2. The van der Waals surface area contributed by atoms with Gasteiger partial charge in [-0.25, -0.2) is 9.07 Å². The standard InChI is InChI=1S/C15H12BrFN4/c16-13-8-10(17)6-7-12(13)15(18)14-9-19-20-21(14)11-4-2-1-3-5-11/h1-9,15H,18H2. The molecule has 4 nitrogen and oxygen atoms in total. The van der Waals surface area contributed by atoms with E-state index in [2.05, 4.69) is 26.2 Å². The molecule has 3 rings (SSSR count). The molecular formula is C15H12BrFN4. The van der Waals surface area contributed by atoms with Gasteiger partial charge in [0.1, 0.15) is 5.82 Å². The van der Waals surface area contributed by atoms with Crippen LogP contribution in [0.2, 0.25) is 0 Å². The molecular weight excluding hydrogens is 335 g/mol. The largest absolute Gasteiger partial charge is 0.319 e. The minimum absolute atomic E-state index is 0.312. The number of para-hydroxylation sites is 1. The van der Waals surface area contributed by atoms with Gasteiger partial charge in [0.05, 0.1) is 23.6 Å². The van der Waals surface area contributed by atoms with E-state index in [9.17, 15) is 4.39 Å². The molecule has 0 amide bonds. The molecule has 3 aromatic rings. The zero-order valence-corrected chi connectivity index (χ0v) is 12.5. The summed E-state index contributed by atoms with van der Waals surface area (Å²) >= 11 is 3.34. The Morgan fingerprint density at radius 3 is 2.62 bits per heavy atom. The molecule has 2 N–H and O–H groups in total. The zero-order valence-electron chi connectivity index (χ0n) is 10.9. The average Bonchev–Trinajstić information content (AvgIpc) is 2.97. The number of nitrogens with zero attached hydrogens (tertiary/aromatic N) is 3. The van der Waals surface area contributed by atoms with E-state index in [1.165, 1.54) is 12.1 Å². The minimum Gasteiger partial charge on any atom is -0.319 e. The average molecular weight is 347 g/mol. The summed E-state index contributed by atoms with van der Waals surface area (Å²) in [5.41, 5.74) is 8.67. The Balaban J connectivity index is 2.03. The molecule has 0 radical (unpaired) electrons. The van der Waals surface area contributed by atoms with Gasteiger partial charge in [0, 0.05) is 4.47 Å². The van der Waals surface area contributed by atoms with Crippen LogP contribution in [0, 0.1) is 5.82 Å². The van der Waals surface area contributed by atoms with Crippen LogP contribution in [0.5, 0.6) is 0 Å². The molecule has 1 unspecified atom stereocenters. The lowest BCUT2D eigenvalue weighted by Crippen LogP contribution is -2.17. The van der Waals surface area contributed by atoms with Crippen LogP contribution in [-0.2, 0) is 0 Å². The fourth-order valence-electron chi connectivity index (χ4n) is 2.14. The van der Waals surface area contributed by atoms with Crippen LogP contribution in [-0.4, -0.2) is 15.0 Å². The molecule has 106 valence electrons. The molecule has 0 saturated carbocycles. The Kier molecular flexibility index (Phi) is 3.81. The van der Waals surface area contributed by atoms with Crippen molar-refractivity contribution in [2.24, 2.45) is 5.73 Å². The molecule has 21 heavy (non-hydrogen) atoms. The highest BCUT2D eigenvalue weighted by atomic mass is 79.9. The molecule has 0 spiro atoms. The number of halogens is 2. The van der Waals surface area contributed by atoms with Gasteiger partial charge >= 0.3 is 0 Å². The van der Waals surface area contributed by atoms with Crippen molar-refractivity contribution in [1.29, 1.82) is 0 Å². The predicted molar refractivity (Wildman–Crippen MR) is 81.5 cm³/mol. The maximum absolute atomic E-state index is 13.2. The highest BCUT2D eigenvalue weighted by Gasteiger charge is 2.18. The number of nitrogens with two attached hydrogens (primary N) is 1. The van der Waals surface area contributed by atoms with E-state index in [-0.39, 0.29) is 5.82 Å². The van der Waals surface area contributed by atoms with Gasteiger partial charge in [-0.2, -0.15) is 0 Å². The van der Waals surface area contributed by atoms with Crippen LogP contribution >= 0.6 is 15.9 Å². The lowest BCUT2D eigenvalue weighted by atomic mass is 10.0. The van der Waals surface area contributed by atoms with Gasteiger partial charge in [-0.3, -0.25) is 0 Å². The molecule has 6 heteroatoms. The summed E-state index contributed by atoms with van der Waals surface area (Å²) in [6, 6.07) is 13.6. The fraction of sp³-hybridized carbons (Fsp3) is 0.0667. The highest BCUT2D eigenvalue weighted by Crippen LogP contribution is 2.28. The summed E-state index contributed by atoms with van der Waals surface area (Å²) in [5, 5.41) is 8.01. The summed E-state index contributed by atoms with van der Waals surface area (Å²) in [6.45, 7) is 0. The molecule has 0 bridgehead atoms. The second-order valence-corrected chi connectivity index (χ2v) is 5.40. The van der Waals surface area contributed by atoms with Gasteiger partial charge in [-0.15, -0.1) is 5.10 Å². The fourth-order valence-corrected chi connectivity index (χ4v) is 2.74. The van der Waals surface area contributed by atoms with Crippen molar-refractivity contribution in [1.82, 2.24) is 15.0 Å². The molecule has 0 fully saturated rings. The lowest BCUT2D eigenvalue weighted by molar-refractivity contribution is 0.624. The number of hydrogen-bond acceptors (Lipinski definition) is 3. The molecule has 1 heterocycles. The van der Waals surface area contributed by atoms with Crippen LogP contribution in [0.4, 0.5) is 4.39 Å². The summed E-state index contributed by atoms with van der Waals surface area (Å²) in [6.07, 6.45) is 1.62. The van der Waals surface area contributed by atoms with Gasteiger partial charge in [0.2, 0.25) is 0 Å². The van der Waals surface area contributed by atoms with E-state index in [0.717, 1.165) is 16.9 Å². The Hall–Kier alpha value is -2.05. The Morgan fingerprint density at radius 2 is 1.90 bits per heavy atom. The first-order chi connectivity index (χ1) is 10.2.